The molecule has 0 aromatic rings. The molecule has 0 aromatic carbocycles. The van der Waals surface area contributed by atoms with Gasteiger partial charge in [0.1, 0.15) is 12.2 Å². The molecule has 3 aliphatic rings. The summed E-state index contributed by atoms with van der Waals surface area (Å²) in [5.74, 6) is 0.361. The van der Waals surface area contributed by atoms with E-state index in [1.165, 1.54) is 11.1 Å². The van der Waals surface area contributed by atoms with E-state index < -0.39 is 23.4 Å². The summed E-state index contributed by atoms with van der Waals surface area (Å²) in [6.45, 7) is 5.58. The van der Waals surface area contributed by atoms with E-state index in [0.717, 1.165) is 44.9 Å². The van der Waals surface area contributed by atoms with Crippen molar-refractivity contribution in [3.8, 4) is 0 Å². The number of aliphatic hydroxyl groups is 2. The summed E-state index contributed by atoms with van der Waals surface area (Å²) in [6, 6.07) is 0. The third kappa shape index (κ3) is 3.33. The fourth-order valence-corrected chi connectivity index (χ4v) is 6.34. The third-order valence-electron chi connectivity index (χ3n) is 7.98. The Morgan fingerprint density at radius 3 is 2.71 bits per heavy atom. The molecule has 4 nitrogen and oxygen atoms in total. The van der Waals surface area contributed by atoms with Gasteiger partial charge in [0, 0.05) is 11.8 Å². The average Bonchev–Trinajstić information content (AvgIpc) is 2.94. The lowest BCUT2D eigenvalue weighted by Crippen LogP contribution is -2.57. The monoisotopic (exact) mass is 388 g/mol. The highest BCUT2D eigenvalue weighted by Gasteiger charge is 2.66. The van der Waals surface area contributed by atoms with Crippen molar-refractivity contribution in [2.45, 2.75) is 84.2 Å². The van der Waals surface area contributed by atoms with Crippen molar-refractivity contribution in [1.82, 2.24) is 0 Å². The van der Waals surface area contributed by atoms with Crippen LogP contribution in [0.3, 0.4) is 0 Å². The Hall–Kier alpha value is -1.26. The van der Waals surface area contributed by atoms with Gasteiger partial charge < -0.3 is 10.2 Å². The largest absolute Gasteiger partial charge is 0.388 e. The molecule has 4 heteroatoms. The number of aliphatic hydroxyl groups excluding tert-OH is 1. The standard InChI is InChI=1S/C24H36O4/c1-4-6-7-19(26)13-16-8-9-20-17(12-16)10-11-23(3)21(20)14-18(5-2)24(23,28)22(27)15-25/h10,13,18,20-21,25,28H,4-9,11-12,14-15H2,1-3H3/b16-13-/t18-,20?,21?,23-,24-/m0/s1. The first-order valence-corrected chi connectivity index (χ1v) is 11.1. The third-order valence-corrected chi connectivity index (χ3v) is 7.98. The van der Waals surface area contributed by atoms with Gasteiger partial charge in [-0.3, -0.25) is 9.59 Å². The Labute approximate surface area is 169 Å². The maximum atomic E-state index is 12.6. The van der Waals surface area contributed by atoms with Gasteiger partial charge in [-0.2, -0.15) is 0 Å². The number of unbranched alkanes of at least 4 members (excludes halogenated alkanes) is 1. The Bertz CT molecular complexity index is 691. The van der Waals surface area contributed by atoms with Gasteiger partial charge in [-0.25, -0.2) is 0 Å². The van der Waals surface area contributed by atoms with E-state index in [2.05, 4.69) is 13.0 Å². The van der Waals surface area contributed by atoms with Gasteiger partial charge in [0.2, 0.25) is 0 Å². The van der Waals surface area contributed by atoms with E-state index in [1.807, 2.05) is 19.9 Å². The number of allylic oxidation sites excluding steroid dienone is 4. The minimum atomic E-state index is -1.44. The molecule has 0 heterocycles. The zero-order valence-corrected chi connectivity index (χ0v) is 17.7. The van der Waals surface area contributed by atoms with E-state index in [0.29, 0.717) is 18.8 Å². The topological polar surface area (TPSA) is 74.6 Å². The number of Topliss-reactive ketones (excluding diaryl/α,β-unsaturated/α-hetero) is 1. The predicted octanol–water partition coefficient (Wildman–Crippen LogP) is 4.15. The number of rotatable bonds is 7. The molecule has 0 aliphatic heterocycles. The van der Waals surface area contributed by atoms with Gasteiger partial charge in [-0.1, -0.05) is 50.8 Å². The molecule has 0 spiro atoms. The minimum Gasteiger partial charge on any atom is -0.388 e. The fourth-order valence-electron chi connectivity index (χ4n) is 6.34. The molecule has 0 aromatic heterocycles. The Morgan fingerprint density at radius 1 is 1.32 bits per heavy atom. The lowest BCUT2D eigenvalue weighted by molar-refractivity contribution is -0.162. The fraction of sp³-hybridized carbons (Fsp3) is 0.750. The van der Waals surface area contributed by atoms with E-state index in [9.17, 15) is 19.8 Å². The van der Waals surface area contributed by atoms with E-state index in [4.69, 9.17) is 0 Å². The van der Waals surface area contributed by atoms with Crippen molar-refractivity contribution in [3.63, 3.8) is 0 Å². The van der Waals surface area contributed by atoms with Gasteiger partial charge in [-0.05, 0) is 62.4 Å². The van der Waals surface area contributed by atoms with Crippen molar-refractivity contribution in [2.75, 3.05) is 6.61 Å². The van der Waals surface area contributed by atoms with Crippen molar-refractivity contribution in [3.05, 3.63) is 23.3 Å². The summed E-state index contributed by atoms with van der Waals surface area (Å²) in [5.41, 5.74) is 0.674. The molecule has 0 bridgehead atoms. The summed E-state index contributed by atoms with van der Waals surface area (Å²) in [5, 5.41) is 21.0. The maximum Gasteiger partial charge on any atom is 0.190 e. The second-order valence-corrected chi connectivity index (χ2v) is 9.39. The summed E-state index contributed by atoms with van der Waals surface area (Å²) >= 11 is 0. The number of carbonyl (C=O) groups excluding carboxylic acids is 2. The highest BCUT2D eigenvalue weighted by molar-refractivity contribution is 5.90. The lowest BCUT2D eigenvalue weighted by atomic mass is 9.56. The first kappa shape index (κ1) is 21.4. The van der Waals surface area contributed by atoms with Gasteiger partial charge >= 0.3 is 0 Å². The van der Waals surface area contributed by atoms with Crippen LogP contribution in [0, 0.1) is 23.2 Å². The van der Waals surface area contributed by atoms with Crippen LogP contribution < -0.4 is 0 Å². The highest BCUT2D eigenvalue weighted by atomic mass is 16.3. The van der Waals surface area contributed by atoms with Crippen LogP contribution in [0.15, 0.2) is 23.3 Å². The van der Waals surface area contributed by atoms with Crippen molar-refractivity contribution in [1.29, 1.82) is 0 Å². The molecule has 2 saturated carbocycles. The van der Waals surface area contributed by atoms with Crippen LogP contribution in [0.5, 0.6) is 0 Å². The Morgan fingerprint density at radius 2 is 2.07 bits per heavy atom. The Kier molecular flexibility index (Phi) is 6.31. The first-order chi connectivity index (χ1) is 13.3. The highest BCUT2D eigenvalue weighted by Crippen LogP contribution is 2.64. The zero-order valence-electron chi connectivity index (χ0n) is 17.7. The van der Waals surface area contributed by atoms with Crippen LogP contribution in [0.2, 0.25) is 0 Å². The summed E-state index contributed by atoms with van der Waals surface area (Å²) < 4.78 is 0. The molecule has 0 radical (unpaired) electrons. The summed E-state index contributed by atoms with van der Waals surface area (Å²) in [4.78, 5) is 24.8. The number of ketones is 2. The second-order valence-electron chi connectivity index (χ2n) is 9.39. The molecule has 2 N–H and O–H groups in total. The van der Waals surface area contributed by atoms with Gasteiger partial charge in [-0.15, -0.1) is 0 Å². The van der Waals surface area contributed by atoms with Gasteiger partial charge in [0.25, 0.3) is 0 Å². The lowest BCUT2D eigenvalue weighted by Gasteiger charge is -2.49. The van der Waals surface area contributed by atoms with Crippen molar-refractivity contribution in [2.24, 2.45) is 23.2 Å². The average molecular weight is 389 g/mol. The van der Waals surface area contributed by atoms with Crippen LogP contribution in [-0.2, 0) is 9.59 Å². The van der Waals surface area contributed by atoms with Crippen molar-refractivity contribution >= 4 is 11.6 Å². The maximum absolute atomic E-state index is 12.6. The molecule has 2 fully saturated rings. The van der Waals surface area contributed by atoms with Crippen molar-refractivity contribution < 1.29 is 19.8 Å². The van der Waals surface area contributed by atoms with Crippen LogP contribution in [-0.4, -0.2) is 34.0 Å². The minimum absolute atomic E-state index is 0.0949. The Balaban J connectivity index is 1.84. The van der Waals surface area contributed by atoms with E-state index in [1.54, 1.807) is 0 Å². The first-order valence-electron chi connectivity index (χ1n) is 11.1. The zero-order chi connectivity index (χ0) is 20.5. The van der Waals surface area contributed by atoms with Crippen LogP contribution in [0.1, 0.15) is 78.6 Å². The molecule has 156 valence electrons. The number of hydrogen-bond donors (Lipinski definition) is 2. The molecule has 28 heavy (non-hydrogen) atoms. The smallest absolute Gasteiger partial charge is 0.190 e. The molecule has 3 rings (SSSR count). The van der Waals surface area contributed by atoms with Gasteiger partial charge in [0.05, 0.1) is 0 Å². The molecule has 5 atom stereocenters. The molecule has 0 amide bonds. The summed E-state index contributed by atoms with van der Waals surface area (Å²) in [7, 11) is 0. The van der Waals surface area contributed by atoms with E-state index >= 15 is 0 Å². The number of carbonyl (C=O) groups is 2. The molecular formula is C24H36O4. The van der Waals surface area contributed by atoms with Crippen LogP contribution in [0.4, 0.5) is 0 Å². The van der Waals surface area contributed by atoms with Crippen LogP contribution >= 0.6 is 0 Å². The van der Waals surface area contributed by atoms with Crippen LogP contribution in [0.25, 0.3) is 0 Å². The molecular weight excluding hydrogens is 352 g/mol. The SMILES string of the molecule is CCCCC(=O)/C=C1/CCC2C(=CC[C@@]3(C)C2C[C@H](CC)[C@]3(O)C(=O)CO)C1. The number of hydrogen-bond acceptors (Lipinski definition) is 4. The molecule has 2 unspecified atom stereocenters. The molecule has 3 aliphatic carbocycles. The number of fused-ring (bicyclic) bond motifs is 3. The molecule has 0 saturated heterocycles. The van der Waals surface area contributed by atoms with E-state index in [-0.39, 0.29) is 17.6 Å². The quantitative estimate of drug-likeness (QED) is 0.507. The predicted molar refractivity (Wildman–Crippen MR) is 110 cm³/mol. The summed E-state index contributed by atoms with van der Waals surface area (Å²) in [6.07, 6.45) is 11.7. The second kappa shape index (κ2) is 8.23. The van der Waals surface area contributed by atoms with Gasteiger partial charge in [0.15, 0.2) is 11.6 Å². The normalized spacial score (nSPS) is 38.7.